The number of rotatable bonds is 7. The highest BCUT2D eigenvalue weighted by molar-refractivity contribution is 7.11. The number of amides is 1. The Morgan fingerprint density at radius 3 is 2.95 bits per heavy atom. The van der Waals surface area contributed by atoms with Crippen molar-refractivity contribution in [1.29, 1.82) is 0 Å². The van der Waals surface area contributed by atoms with Gasteiger partial charge in [0.2, 0.25) is 5.91 Å². The van der Waals surface area contributed by atoms with Crippen LogP contribution >= 0.6 is 11.3 Å². The van der Waals surface area contributed by atoms with Crippen LogP contribution in [-0.4, -0.2) is 67.6 Å². The number of nitrogens with zero attached hydrogens (tertiary/aromatic N) is 3. The molecule has 0 bridgehead atoms. The topological polar surface area (TPSA) is 57.7 Å². The van der Waals surface area contributed by atoms with Crippen LogP contribution in [0, 0.1) is 6.92 Å². The van der Waals surface area contributed by atoms with Crippen LogP contribution in [0.25, 0.3) is 0 Å². The quantitative estimate of drug-likeness (QED) is 0.805. The van der Waals surface area contributed by atoms with Crippen LogP contribution in [0.4, 0.5) is 0 Å². The van der Waals surface area contributed by atoms with Crippen LogP contribution in [0.3, 0.4) is 0 Å². The number of carbonyl (C=O) groups excluding carboxylic acids is 1. The lowest BCUT2D eigenvalue weighted by Crippen LogP contribution is -2.38. The number of thiazole rings is 1. The number of methoxy groups -OCH3 is 1. The van der Waals surface area contributed by atoms with Crippen LogP contribution < -0.4 is 5.32 Å². The summed E-state index contributed by atoms with van der Waals surface area (Å²) in [6, 6.07) is 0.563. The van der Waals surface area contributed by atoms with E-state index in [1.165, 1.54) is 0 Å². The molecule has 2 heterocycles. The minimum absolute atomic E-state index is 0.0838. The third-order valence-electron chi connectivity index (χ3n) is 4.00. The first-order valence-corrected chi connectivity index (χ1v) is 8.41. The van der Waals surface area contributed by atoms with E-state index in [1.54, 1.807) is 18.4 Å². The molecular weight excluding hydrogens is 300 g/mol. The molecular formula is C15H26N4O2S. The number of aryl methyl sites for hydroxylation is 1. The molecule has 124 valence electrons. The summed E-state index contributed by atoms with van der Waals surface area (Å²) in [6.45, 7) is 5.49. The Morgan fingerprint density at radius 2 is 2.32 bits per heavy atom. The zero-order chi connectivity index (χ0) is 16.1. The molecule has 0 aromatic carbocycles. The summed E-state index contributed by atoms with van der Waals surface area (Å²) in [4.78, 5) is 22.1. The van der Waals surface area contributed by atoms with Crippen molar-refractivity contribution in [3.8, 4) is 0 Å². The molecule has 1 atom stereocenters. The van der Waals surface area contributed by atoms with E-state index in [2.05, 4.69) is 34.2 Å². The van der Waals surface area contributed by atoms with Gasteiger partial charge in [0.15, 0.2) is 0 Å². The van der Waals surface area contributed by atoms with Crippen LogP contribution in [0.2, 0.25) is 0 Å². The van der Waals surface area contributed by atoms with E-state index in [4.69, 9.17) is 4.74 Å². The van der Waals surface area contributed by atoms with Gasteiger partial charge in [-0.1, -0.05) is 0 Å². The zero-order valence-corrected chi connectivity index (χ0v) is 14.7. The molecule has 1 aromatic rings. The summed E-state index contributed by atoms with van der Waals surface area (Å²) < 4.78 is 5.09. The molecule has 0 spiro atoms. The zero-order valence-electron chi connectivity index (χ0n) is 13.9. The SMILES string of the molecule is COCc1nc(C)c(CNC(=O)CN2CCC(N(C)C)C2)s1. The first-order valence-electron chi connectivity index (χ1n) is 7.59. The van der Waals surface area contributed by atoms with Crippen molar-refractivity contribution >= 4 is 17.2 Å². The van der Waals surface area contributed by atoms with Crippen LogP contribution in [0.1, 0.15) is 22.0 Å². The first kappa shape index (κ1) is 17.3. The Hall–Kier alpha value is -1.02. The average Bonchev–Trinajstić information content (AvgIpc) is 3.04. The molecule has 1 aliphatic rings. The van der Waals surface area contributed by atoms with Gasteiger partial charge in [-0.15, -0.1) is 11.3 Å². The highest BCUT2D eigenvalue weighted by atomic mass is 32.1. The molecule has 1 N–H and O–H groups in total. The van der Waals surface area contributed by atoms with E-state index in [9.17, 15) is 4.79 Å². The molecule has 0 saturated carbocycles. The molecule has 7 heteroatoms. The third kappa shape index (κ3) is 4.74. The highest BCUT2D eigenvalue weighted by Gasteiger charge is 2.25. The predicted octanol–water partition coefficient (Wildman–Crippen LogP) is 0.850. The average molecular weight is 326 g/mol. The fourth-order valence-electron chi connectivity index (χ4n) is 2.65. The van der Waals surface area contributed by atoms with Gasteiger partial charge >= 0.3 is 0 Å². The van der Waals surface area contributed by atoms with Crippen molar-refractivity contribution in [2.45, 2.75) is 32.5 Å². The van der Waals surface area contributed by atoms with Gasteiger partial charge in [0.05, 0.1) is 25.4 Å². The molecule has 1 saturated heterocycles. The van der Waals surface area contributed by atoms with Crippen LogP contribution in [0.15, 0.2) is 0 Å². The lowest BCUT2D eigenvalue weighted by molar-refractivity contribution is -0.122. The second kappa shape index (κ2) is 8.01. The molecule has 0 aliphatic carbocycles. The summed E-state index contributed by atoms with van der Waals surface area (Å²) in [6.07, 6.45) is 1.13. The van der Waals surface area contributed by atoms with E-state index >= 15 is 0 Å². The predicted molar refractivity (Wildman–Crippen MR) is 87.9 cm³/mol. The van der Waals surface area contributed by atoms with Gasteiger partial charge in [-0.25, -0.2) is 4.98 Å². The summed E-state index contributed by atoms with van der Waals surface area (Å²) in [5.41, 5.74) is 0.978. The molecule has 0 radical (unpaired) electrons. The van der Waals surface area contributed by atoms with Gasteiger partial charge < -0.3 is 15.0 Å². The molecule has 1 unspecified atom stereocenters. The van der Waals surface area contributed by atoms with Crippen LogP contribution in [-0.2, 0) is 22.7 Å². The van der Waals surface area contributed by atoms with E-state index in [0.717, 1.165) is 35.1 Å². The monoisotopic (exact) mass is 326 g/mol. The van der Waals surface area contributed by atoms with Gasteiger partial charge in [0.1, 0.15) is 5.01 Å². The highest BCUT2D eigenvalue weighted by Crippen LogP contribution is 2.18. The lowest BCUT2D eigenvalue weighted by atomic mass is 10.2. The third-order valence-corrected chi connectivity index (χ3v) is 5.13. The number of likely N-dealkylation sites (N-methyl/N-ethyl adjacent to an activating group) is 1. The molecule has 1 amide bonds. The van der Waals surface area contributed by atoms with Gasteiger partial charge in [0.25, 0.3) is 0 Å². The van der Waals surface area contributed by atoms with E-state index in [0.29, 0.717) is 25.7 Å². The number of nitrogens with one attached hydrogen (secondary N) is 1. The second-order valence-corrected chi connectivity index (χ2v) is 7.14. The first-order chi connectivity index (χ1) is 10.5. The number of likely N-dealkylation sites (tertiary alicyclic amines) is 1. The van der Waals surface area contributed by atoms with Crippen molar-refractivity contribution in [1.82, 2.24) is 20.1 Å². The van der Waals surface area contributed by atoms with Crippen molar-refractivity contribution in [3.63, 3.8) is 0 Å². The Labute approximate surface area is 136 Å². The summed E-state index contributed by atoms with van der Waals surface area (Å²) in [7, 11) is 5.85. The number of aromatic nitrogens is 1. The second-order valence-electron chi connectivity index (χ2n) is 5.97. The van der Waals surface area contributed by atoms with Gasteiger partial charge in [-0.2, -0.15) is 0 Å². The summed E-state index contributed by atoms with van der Waals surface area (Å²) >= 11 is 1.60. The van der Waals surface area contributed by atoms with E-state index in [-0.39, 0.29) is 5.91 Å². The summed E-state index contributed by atoms with van der Waals surface area (Å²) in [5, 5.41) is 3.96. The van der Waals surface area contributed by atoms with Crippen molar-refractivity contribution in [2.75, 3.05) is 40.8 Å². The normalized spacial score (nSPS) is 19.0. The molecule has 6 nitrogen and oxygen atoms in total. The Morgan fingerprint density at radius 1 is 1.55 bits per heavy atom. The van der Waals surface area contributed by atoms with Gasteiger partial charge in [-0.05, 0) is 27.4 Å². The number of hydrogen-bond acceptors (Lipinski definition) is 6. The minimum atomic E-state index is 0.0838. The van der Waals surface area contributed by atoms with E-state index < -0.39 is 0 Å². The molecule has 1 aromatic heterocycles. The number of ether oxygens (including phenoxy) is 1. The lowest BCUT2D eigenvalue weighted by Gasteiger charge is -2.20. The van der Waals surface area contributed by atoms with Crippen molar-refractivity contribution < 1.29 is 9.53 Å². The number of carbonyl (C=O) groups is 1. The van der Waals surface area contributed by atoms with Gasteiger partial charge in [-0.3, -0.25) is 9.69 Å². The van der Waals surface area contributed by atoms with Crippen LogP contribution in [0.5, 0.6) is 0 Å². The maximum absolute atomic E-state index is 12.1. The maximum Gasteiger partial charge on any atom is 0.234 e. The molecule has 1 aliphatic heterocycles. The summed E-state index contributed by atoms with van der Waals surface area (Å²) in [5.74, 6) is 0.0838. The molecule has 2 rings (SSSR count). The fraction of sp³-hybridized carbons (Fsp3) is 0.733. The minimum Gasteiger partial charge on any atom is -0.378 e. The molecule has 22 heavy (non-hydrogen) atoms. The smallest absolute Gasteiger partial charge is 0.234 e. The molecule has 1 fully saturated rings. The van der Waals surface area contributed by atoms with Crippen molar-refractivity contribution in [3.05, 3.63) is 15.6 Å². The Bertz CT molecular complexity index is 504. The van der Waals surface area contributed by atoms with Gasteiger partial charge in [0, 0.05) is 31.1 Å². The van der Waals surface area contributed by atoms with E-state index in [1.807, 2.05) is 6.92 Å². The maximum atomic E-state index is 12.1. The Kier molecular flexibility index (Phi) is 6.31. The van der Waals surface area contributed by atoms with Crippen molar-refractivity contribution in [2.24, 2.45) is 0 Å². The number of hydrogen-bond donors (Lipinski definition) is 1. The standard InChI is InChI=1S/C15H26N4O2S/c1-11-13(22-15(17-11)10-21-4)7-16-14(20)9-19-6-5-12(8-19)18(2)3/h12H,5-10H2,1-4H3,(H,16,20). The Balaban J connectivity index is 1.76. The fourth-order valence-corrected chi connectivity index (χ4v) is 3.63. The largest absolute Gasteiger partial charge is 0.378 e.